The van der Waals surface area contributed by atoms with Crippen LogP contribution in [0.4, 0.5) is 0 Å². The standard InChI is InChI=1S/C18H23NO2/c1-2-12-19-14-17-10-11-18(21-17)15-20-13-6-9-16-7-4-3-5-8-16/h3-11,19H,2,12-15H2,1H3. The highest BCUT2D eigenvalue weighted by molar-refractivity contribution is 5.48. The van der Waals surface area contributed by atoms with Crippen molar-refractivity contribution in [1.82, 2.24) is 5.32 Å². The predicted molar refractivity (Wildman–Crippen MR) is 85.8 cm³/mol. The molecule has 0 saturated carbocycles. The highest BCUT2D eigenvalue weighted by Gasteiger charge is 2.01. The van der Waals surface area contributed by atoms with Crippen LogP contribution in [-0.4, -0.2) is 13.2 Å². The Labute approximate surface area is 126 Å². The first kappa shape index (κ1) is 15.5. The lowest BCUT2D eigenvalue weighted by Crippen LogP contribution is -2.13. The van der Waals surface area contributed by atoms with Crippen LogP contribution in [0.1, 0.15) is 30.4 Å². The van der Waals surface area contributed by atoms with E-state index in [9.17, 15) is 0 Å². The zero-order valence-electron chi connectivity index (χ0n) is 12.5. The molecule has 0 fully saturated rings. The molecule has 0 aliphatic rings. The Morgan fingerprint density at radius 2 is 1.90 bits per heavy atom. The van der Waals surface area contributed by atoms with Gasteiger partial charge >= 0.3 is 0 Å². The van der Waals surface area contributed by atoms with Crippen molar-refractivity contribution in [3.05, 3.63) is 65.6 Å². The highest BCUT2D eigenvalue weighted by atomic mass is 16.5. The Hall–Kier alpha value is -1.84. The van der Waals surface area contributed by atoms with E-state index in [1.54, 1.807) is 0 Å². The van der Waals surface area contributed by atoms with Gasteiger partial charge in [0.1, 0.15) is 18.1 Å². The third-order valence-electron chi connectivity index (χ3n) is 3.01. The lowest BCUT2D eigenvalue weighted by atomic mass is 10.2. The minimum Gasteiger partial charge on any atom is -0.462 e. The van der Waals surface area contributed by atoms with E-state index in [4.69, 9.17) is 9.15 Å². The van der Waals surface area contributed by atoms with Crippen molar-refractivity contribution in [2.24, 2.45) is 0 Å². The van der Waals surface area contributed by atoms with Gasteiger partial charge in [0.05, 0.1) is 13.2 Å². The molecule has 0 aliphatic heterocycles. The van der Waals surface area contributed by atoms with Gasteiger partial charge in [0.2, 0.25) is 0 Å². The summed E-state index contributed by atoms with van der Waals surface area (Å²) in [6.07, 6.45) is 5.20. The molecule has 0 atom stereocenters. The fourth-order valence-electron chi connectivity index (χ4n) is 1.96. The minimum atomic E-state index is 0.507. The largest absolute Gasteiger partial charge is 0.462 e. The number of furan rings is 1. The average Bonchev–Trinajstić information content (AvgIpc) is 2.96. The molecule has 2 aromatic rings. The smallest absolute Gasteiger partial charge is 0.129 e. The normalized spacial score (nSPS) is 11.3. The second-order valence-electron chi connectivity index (χ2n) is 4.87. The molecule has 1 N–H and O–H groups in total. The first-order valence-electron chi connectivity index (χ1n) is 7.46. The third-order valence-corrected chi connectivity index (χ3v) is 3.01. The predicted octanol–water partition coefficient (Wildman–Crippen LogP) is 4.01. The molecule has 0 aliphatic carbocycles. The summed E-state index contributed by atoms with van der Waals surface area (Å²) in [6, 6.07) is 14.2. The Bertz CT molecular complexity index is 531. The lowest BCUT2D eigenvalue weighted by molar-refractivity contribution is 0.130. The molecule has 0 radical (unpaired) electrons. The van der Waals surface area contributed by atoms with Gasteiger partial charge in [-0.1, -0.05) is 49.4 Å². The van der Waals surface area contributed by atoms with Crippen molar-refractivity contribution in [2.45, 2.75) is 26.5 Å². The molecule has 3 heteroatoms. The number of nitrogens with one attached hydrogen (secondary N) is 1. The summed E-state index contributed by atoms with van der Waals surface area (Å²) in [5.41, 5.74) is 1.18. The molecule has 0 saturated heterocycles. The number of benzene rings is 1. The summed E-state index contributed by atoms with van der Waals surface area (Å²) < 4.78 is 11.3. The topological polar surface area (TPSA) is 34.4 Å². The molecule has 0 spiro atoms. The summed E-state index contributed by atoms with van der Waals surface area (Å²) in [7, 11) is 0. The van der Waals surface area contributed by atoms with E-state index < -0.39 is 0 Å². The van der Waals surface area contributed by atoms with Crippen molar-refractivity contribution in [2.75, 3.05) is 13.2 Å². The maximum absolute atomic E-state index is 5.68. The maximum atomic E-state index is 5.68. The lowest BCUT2D eigenvalue weighted by Gasteiger charge is -2.00. The van der Waals surface area contributed by atoms with E-state index in [1.165, 1.54) is 5.56 Å². The van der Waals surface area contributed by atoms with Crippen molar-refractivity contribution in [3.8, 4) is 0 Å². The van der Waals surface area contributed by atoms with Gasteiger partial charge in [-0.3, -0.25) is 0 Å². The van der Waals surface area contributed by atoms with E-state index >= 15 is 0 Å². The summed E-state index contributed by atoms with van der Waals surface area (Å²) in [4.78, 5) is 0. The van der Waals surface area contributed by atoms with Crippen LogP contribution in [0.25, 0.3) is 6.08 Å². The van der Waals surface area contributed by atoms with Crippen LogP contribution in [0.3, 0.4) is 0 Å². The van der Waals surface area contributed by atoms with Crippen LogP contribution in [-0.2, 0) is 17.9 Å². The monoisotopic (exact) mass is 285 g/mol. The van der Waals surface area contributed by atoms with Gasteiger partial charge in [-0.2, -0.15) is 0 Å². The molecular formula is C18H23NO2. The fourth-order valence-corrected chi connectivity index (χ4v) is 1.96. The molecule has 1 heterocycles. The molecule has 1 aromatic heterocycles. The first-order chi connectivity index (χ1) is 10.4. The maximum Gasteiger partial charge on any atom is 0.129 e. The Morgan fingerprint density at radius 3 is 2.71 bits per heavy atom. The number of hydrogen-bond acceptors (Lipinski definition) is 3. The van der Waals surface area contributed by atoms with E-state index in [1.807, 2.05) is 36.4 Å². The minimum absolute atomic E-state index is 0.507. The molecule has 21 heavy (non-hydrogen) atoms. The number of ether oxygens (including phenoxy) is 1. The van der Waals surface area contributed by atoms with Gasteiger partial charge in [0.25, 0.3) is 0 Å². The second kappa shape index (κ2) is 9.16. The average molecular weight is 285 g/mol. The SMILES string of the molecule is CCCNCc1ccc(COCC=Cc2ccccc2)o1. The van der Waals surface area contributed by atoms with E-state index in [-0.39, 0.29) is 0 Å². The van der Waals surface area contributed by atoms with Crippen molar-refractivity contribution in [1.29, 1.82) is 0 Å². The Morgan fingerprint density at radius 1 is 1.10 bits per heavy atom. The summed E-state index contributed by atoms with van der Waals surface area (Å²) in [5.74, 6) is 1.83. The van der Waals surface area contributed by atoms with E-state index in [0.29, 0.717) is 13.2 Å². The molecular weight excluding hydrogens is 262 g/mol. The second-order valence-corrected chi connectivity index (χ2v) is 4.87. The van der Waals surface area contributed by atoms with Crippen LogP contribution in [0, 0.1) is 0 Å². The van der Waals surface area contributed by atoms with Gasteiger partial charge in [-0.05, 0) is 30.7 Å². The molecule has 0 amide bonds. The van der Waals surface area contributed by atoms with E-state index in [0.717, 1.165) is 31.0 Å². The zero-order chi connectivity index (χ0) is 14.8. The van der Waals surface area contributed by atoms with Gasteiger partial charge in [0.15, 0.2) is 0 Å². The van der Waals surface area contributed by atoms with Crippen LogP contribution in [0.15, 0.2) is 53.0 Å². The fraction of sp³-hybridized carbons (Fsp3) is 0.333. The Kier molecular flexibility index (Phi) is 6.78. The molecule has 1 aromatic carbocycles. The van der Waals surface area contributed by atoms with Crippen LogP contribution in [0.5, 0.6) is 0 Å². The van der Waals surface area contributed by atoms with Gasteiger partial charge in [-0.15, -0.1) is 0 Å². The van der Waals surface area contributed by atoms with Gasteiger partial charge in [-0.25, -0.2) is 0 Å². The van der Waals surface area contributed by atoms with Crippen molar-refractivity contribution < 1.29 is 9.15 Å². The molecule has 3 nitrogen and oxygen atoms in total. The quantitative estimate of drug-likeness (QED) is 0.707. The van der Waals surface area contributed by atoms with Crippen LogP contribution < -0.4 is 5.32 Å². The molecule has 0 bridgehead atoms. The number of hydrogen-bond donors (Lipinski definition) is 1. The Balaban J connectivity index is 1.65. The number of rotatable bonds is 9. The highest BCUT2D eigenvalue weighted by Crippen LogP contribution is 2.09. The molecule has 112 valence electrons. The third kappa shape index (κ3) is 5.98. The van der Waals surface area contributed by atoms with Crippen molar-refractivity contribution >= 4 is 6.08 Å². The van der Waals surface area contributed by atoms with Gasteiger partial charge in [0, 0.05) is 0 Å². The summed E-state index contributed by atoms with van der Waals surface area (Å²) >= 11 is 0. The van der Waals surface area contributed by atoms with E-state index in [2.05, 4.69) is 30.4 Å². The first-order valence-corrected chi connectivity index (χ1v) is 7.46. The summed E-state index contributed by atoms with van der Waals surface area (Å²) in [6.45, 7) is 5.03. The van der Waals surface area contributed by atoms with Crippen LogP contribution >= 0.6 is 0 Å². The van der Waals surface area contributed by atoms with Crippen LogP contribution in [0.2, 0.25) is 0 Å². The van der Waals surface area contributed by atoms with Gasteiger partial charge < -0.3 is 14.5 Å². The molecule has 0 unspecified atom stereocenters. The zero-order valence-corrected chi connectivity index (χ0v) is 12.5. The summed E-state index contributed by atoms with van der Waals surface area (Å²) in [5, 5.41) is 3.31. The molecule has 2 rings (SSSR count). The van der Waals surface area contributed by atoms with Crippen molar-refractivity contribution in [3.63, 3.8) is 0 Å².